The Labute approximate surface area is 210 Å². The number of amides is 2. The molecular formula is C22H23ClN6O5S. The number of carbonyl (C=O) groups excluding carboxylic acids is 2. The van der Waals surface area contributed by atoms with E-state index in [-0.39, 0.29) is 28.1 Å². The van der Waals surface area contributed by atoms with E-state index in [1.807, 2.05) is 11.5 Å². The van der Waals surface area contributed by atoms with E-state index in [0.717, 1.165) is 0 Å². The number of anilines is 1. The summed E-state index contributed by atoms with van der Waals surface area (Å²) in [6, 6.07) is 10.6. The van der Waals surface area contributed by atoms with Gasteiger partial charge >= 0.3 is 0 Å². The number of nitrogens with zero attached hydrogens (tertiary/aromatic N) is 4. The minimum Gasteiger partial charge on any atom is -0.497 e. The summed E-state index contributed by atoms with van der Waals surface area (Å²) in [4.78, 5) is 35.1. The number of benzene rings is 2. The highest BCUT2D eigenvalue weighted by atomic mass is 35.5. The highest BCUT2D eigenvalue weighted by Crippen LogP contribution is 2.27. The summed E-state index contributed by atoms with van der Waals surface area (Å²) in [5.74, 6) is 0.750. The number of hydrogen-bond donors (Lipinski definition) is 2. The van der Waals surface area contributed by atoms with Crippen molar-refractivity contribution in [2.45, 2.75) is 25.0 Å². The lowest BCUT2D eigenvalue weighted by Crippen LogP contribution is -2.26. The van der Waals surface area contributed by atoms with E-state index in [9.17, 15) is 19.7 Å². The number of thioether (sulfide) groups is 1. The third kappa shape index (κ3) is 6.93. The SMILES string of the molecule is CCn1c(CCNC(=O)c2ccc(OC)cc2)nnc1SCC(=O)Nc1cc([N+](=O)[O-])ccc1Cl. The molecule has 2 aromatic carbocycles. The number of aromatic nitrogens is 3. The molecule has 3 rings (SSSR count). The van der Waals surface area contributed by atoms with E-state index < -0.39 is 10.8 Å². The van der Waals surface area contributed by atoms with Gasteiger partial charge < -0.3 is 19.9 Å². The Morgan fingerprint density at radius 1 is 1.20 bits per heavy atom. The van der Waals surface area contributed by atoms with Crippen LogP contribution in [0.1, 0.15) is 23.1 Å². The Hall–Kier alpha value is -3.64. The fraction of sp³-hybridized carbons (Fsp3) is 0.273. The van der Waals surface area contributed by atoms with Gasteiger partial charge in [-0.05, 0) is 37.3 Å². The maximum absolute atomic E-state index is 12.4. The third-order valence-electron chi connectivity index (χ3n) is 4.86. The van der Waals surface area contributed by atoms with Crippen molar-refractivity contribution in [1.29, 1.82) is 0 Å². The largest absolute Gasteiger partial charge is 0.497 e. The summed E-state index contributed by atoms with van der Waals surface area (Å²) in [5.41, 5.74) is 0.511. The molecule has 2 N–H and O–H groups in total. The van der Waals surface area contributed by atoms with Crippen LogP contribution in [0.5, 0.6) is 5.75 Å². The zero-order valence-electron chi connectivity index (χ0n) is 19.0. The summed E-state index contributed by atoms with van der Waals surface area (Å²) in [6.45, 7) is 2.87. The number of carbonyl (C=O) groups is 2. The second kappa shape index (κ2) is 12.2. The number of non-ortho nitro benzene ring substituents is 1. The van der Waals surface area contributed by atoms with Crippen molar-refractivity contribution < 1.29 is 19.2 Å². The molecule has 0 unspecified atom stereocenters. The molecule has 0 aliphatic heterocycles. The number of methoxy groups -OCH3 is 1. The van der Waals surface area contributed by atoms with Gasteiger partial charge in [0.15, 0.2) is 5.16 Å². The molecular weight excluding hydrogens is 496 g/mol. The third-order valence-corrected chi connectivity index (χ3v) is 6.16. The Bertz CT molecular complexity index is 1220. The standard InChI is InChI=1S/C22H23ClN6O5S/c1-3-28-19(10-11-24-21(31)14-4-7-16(34-2)8-5-14)26-27-22(28)35-13-20(30)25-18-12-15(29(32)33)6-9-17(18)23/h4-9,12H,3,10-11,13H2,1-2H3,(H,24,31)(H,25,30). The van der Waals surface area contributed by atoms with E-state index in [0.29, 0.717) is 41.8 Å². The number of nitro benzene ring substituents is 1. The predicted molar refractivity (Wildman–Crippen MR) is 132 cm³/mol. The van der Waals surface area contributed by atoms with Crippen LogP contribution < -0.4 is 15.4 Å². The van der Waals surface area contributed by atoms with Gasteiger partial charge in [0, 0.05) is 37.2 Å². The predicted octanol–water partition coefficient (Wildman–Crippen LogP) is 3.57. The van der Waals surface area contributed by atoms with E-state index in [2.05, 4.69) is 20.8 Å². The number of nitro groups is 1. The second-order valence-corrected chi connectivity index (χ2v) is 8.49. The summed E-state index contributed by atoms with van der Waals surface area (Å²) in [6.07, 6.45) is 0.457. The van der Waals surface area contributed by atoms with Crippen LogP contribution in [0.3, 0.4) is 0 Å². The summed E-state index contributed by atoms with van der Waals surface area (Å²) in [7, 11) is 1.56. The quantitative estimate of drug-likeness (QED) is 0.223. The van der Waals surface area contributed by atoms with E-state index in [4.69, 9.17) is 16.3 Å². The zero-order chi connectivity index (χ0) is 25.4. The van der Waals surface area contributed by atoms with Gasteiger partial charge in [-0.3, -0.25) is 19.7 Å². The number of rotatable bonds is 11. The van der Waals surface area contributed by atoms with E-state index in [1.54, 1.807) is 31.4 Å². The lowest BCUT2D eigenvalue weighted by atomic mass is 10.2. The fourth-order valence-electron chi connectivity index (χ4n) is 3.10. The molecule has 0 saturated heterocycles. The lowest BCUT2D eigenvalue weighted by Gasteiger charge is -2.09. The summed E-state index contributed by atoms with van der Waals surface area (Å²) in [5, 5.41) is 25.4. The monoisotopic (exact) mass is 518 g/mol. The minimum absolute atomic E-state index is 0.00532. The first-order valence-corrected chi connectivity index (χ1v) is 11.9. The molecule has 0 aliphatic carbocycles. The van der Waals surface area contributed by atoms with Crippen LogP contribution >= 0.6 is 23.4 Å². The summed E-state index contributed by atoms with van der Waals surface area (Å²) >= 11 is 7.21. The highest BCUT2D eigenvalue weighted by molar-refractivity contribution is 7.99. The molecule has 0 spiro atoms. The average molecular weight is 519 g/mol. The van der Waals surface area contributed by atoms with Gasteiger partial charge in [-0.1, -0.05) is 23.4 Å². The molecule has 0 saturated carbocycles. The molecule has 0 bridgehead atoms. The molecule has 1 aromatic heterocycles. The van der Waals surface area contributed by atoms with Crippen LogP contribution in [-0.2, 0) is 17.8 Å². The molecule has 0 fully saturated rings. The van der Waals surface area contributed by atoms with Crippen LogP contribution in [0.2, 0.25) is 5.02 Å². The first-order valence-electron chi connectivity index (χ1n) is 10.5. The molecule has 11 nitrogen and oxygen atoms in total. The zero-order valence-corrected chi connectivity index (χ0v) is 20.6. The van der Waals surface area contributed by atoms with Crippen molar-refractivity contribution >= 4 is 46.6 Å². The fourth-order valence-corrected chi connectivity index (χ4v) is 4.09. The molecule has 2 amide bonds. The van der Waals surface area contributed by atoms with Crippen molar-refractivity contribution in [1.82, 2.24) is 20.1 Å². The van der Waals surface area contributed by atoms with Gasteiger partial charge in [-0.15, -0.1) is 10.2 Å². The number of ether oxygens (including phenoxy) is 1. The molecule has 1 heterocycles. The van der Waals surface area contributed by atoms with Crippen LogP contribution in [0.25, 0.3) is 0 Å². The molecule has 35 heavy (non-hydrogen) atoms. The highest BCUT2D eigenvalue weighted by Gasteiger charge is 2.16. The van der Waals surface area contributed by atoms with Crippen molar-refractivity contribution in [3.8, 4) is 5.75 Å². The average Bonchev–Trinajstić information content (AvgIpc) is 3.25. The van der Waals surface area contributed by atoms with E-state index >= 15 is 0 Å². The second-order valence-electron chi connectivity index (χ2n) is 7.14. The Morgan fingerprint density at radius 3 is 2.60 bits per heavy atom. The van der Waals surface area contributed by atoms with Crippen molar-refractivity contribution in [2.75, 3.05) is 24.7 Å². The van der Waals surface area contributed by atoms with E-state index in [1.165, 1.54) is 30.0 Å². The Kier molecular flexibility index (Phi) is 9.04. The minimum atomic E-state index is -0.564. The van der Waals surface area contributed by atoms with Gasteiger partial charge in [0.1, 0.15) is 11.6 Å². The molecule has 184 valence electrons. The molecule has 0 aliphatic rings. The first-order chi connectivity index (χ1) is 16.8. The maximum Gasteiger partial charge on any atom is 0.271 e. The van der Waals surface area contributed by atoms with Crippen LogP contribution in [0.15, 0.2) is 47.6 Å². The van der Waals surface area contributed by atoms with Gasteiger partial charge in [0.2, 0.25) is 5.91 Å². The lowest BCUT2D eigenvalue weighted by molar-refractivity contribution is -0.384. The van der Waals surface area contributed by atoms with Crippen LogP contribution in [0.4, 0.5) is 11.4 Å². The topological polar surface area (TPSA) is 141 Å². The molecule has 0 radical (unpaired) electrons. The Morgan fingerprint density at radius 2 is 1.94 bits per heavy atom. The summed E-state index contributed by atoms with van der Waals surface area (Å²) < 4.78 is 6.95. The van der Waals surface area contributed by atoms with Crippen LogP contribution in [0, 0.1) is 10.1 Å². The van der Waals surface area contributed by atoms with Gasteiger partial charge in [0.25, 0.3) is 11.6 Å². The Balaban J connectivity index is 1.53. The van der Waals surface area contributed by atoms with Crippen molar-refractivity contribution in [3.63, 3.8) is 0 Å². The van der Waals surface area contributed by atoms with Crippen LogP contribution in [-0.4, -0.2) is 50.9 Å². The number of hydrogen-bond acceptors (Lipinski definition) is 8. The molecule has 13 heteroatoms. The molecule has 0 atom stereocenters. The van der Waals surface area contributed by atoms with Crippen molar-refractivity contribution in [2.24, 2.45) is 0 Å². The van der Waals surface area contributed by atoms with Gasteiger partial charge in [-0.25, -0.2) is 0 Å². The van der Waals surface area contributed by atoms with Gasteiger partial charge in [0.05, 0.1) is 28.5 Å². The normalized spacial score (nSPS) is 10.6. The number of halogens is 1. The van der Waals surface area contributed by atoms with Gasteiger partial charge in [-0.2, -0.15) is 0 Å². The van der Waals surface area contributed by atoms with Crippen molar-refractivity contribution in [3.05, 3.63) is 69.0 Å². The number of nitrogens with one attached hydrogen (secondary N) is 2. The first kappa shape index (κ1) is 26.0. The molecule has 3 aromatic rings. The maximum atomic E-state index is 12.4. The smallest absolute Gasteiger partial charge is 0.271 e.